The molecule has 104 valence electrons. The van der Waals surface area contributed by atoms with Gasteiger partial charge in [0.25, 0.3) is 0 Å². The first-order valence-electron chi connectivity index (χ1n) is 6.37. The molecular weight excluding hydrogens is 258 g/mol. The van der Waals surface area contributed by atoms with Gasteiger partial charge in [0.1, 0.15) is 5.82 Å². The van der Waals surface area contributed by atoms with Gasteiger partial charge in [-0.3, -0.25) is 0 Å². The lowest BCUT2D eigenvalue weighted by Gasteiger charge is -2.19. The quantitative estimate of drug-likeness (QED) is 0.927. The summed E-state index contributed by atoms with van der Waals surface area (Å²) in [6, 6.07) is 10.2. The van der Waals surface area contributed by atoms with E-state index in [4.69, 9.17) is 5.73 Å². The van der Waals surface area contributed by atoms with Crippen molar-refractivity contribution >= 4 is 18.2 Å². The third kappa shape index (κ3) is 3.10. The minimum atomic E-state index is 0. The van der Waals surface area contributed by atoms with E-state index in [1.165, 1.54) is 5.56 Å². The second-order valence-electron chi connectivity index (χ2n) is 5.44. The number of anilines is 1. The van der Waals surface area contributed by atoms with Gasteiger partial charge < -0.3 is 5.73 Å². The predicted molar refractivity (Wildman–Crippen MR) is 83.3 cm³/mol. The number of nitrogens with zero attached hydrogens (tertiary/aromatic N) is 2. The highest BCUT2D eigenvalue weighted by Gasteiger charge is 2.22. The molecule has 1 heterocycles. The largest absolute Gasteiger partial charge is 0.384 e. The van der Waals surface area contributed by atoms with Crippen LogP contribution >= 0.6 is 12.4 Å². The van der Waals surface area contributed by atoms with Crippen LogP contribution in [0.5, 0.6) is 0 Å². The van der Waals surface area contributed by atoms with E-state index in [1.54, 1.807) is 0 Å². The van der Waals surface area contributed by atoms with Gasteiger partial charge in [0.05, 0.1) is 11.4 Å². The van der Waals surface area contributed by atoms with E-state index in [0.717, 1.165) is 17.8 Å². The monoisotopic (exact) mass is 279 g/mol. The molecule has 19 heavy (non-hydrogen) atoms. The molecule has 0 amide bonds. The number of nitrogens with two attached hydrogens (primary N) is 1. The highest BCUT2D eigenvalue weighted by Crippen LogP contribution is 2.28. The van der Waals surface area contributed by atoms with Crippen LogP contribution in [0.3, 0.4) is 0 Å². The zero-order valence-corrected chi connectivity index (χ0v) is 12.8. The molecule has 0 saturated heterocycles. The van der Waals surface area contributed by atoms with Gasteiger partial charge >= 0.3 is 0 Å². The van der Waals surface area contributed by atoms with Crippen molar-refractivity contribution < 1.29 is 0 Å². The number of nitrogen functional groups attached to an aromatic ring is 1. The van der Waals surface area contributed by atoms with Crippen LogP contribution in [0.4, 0.5) is 5.82 Å². The zero-order chi connectivity index (χ0) is 13.3. The van der Waals surface area contributed by atoms with Crippen LogP contribution in [0.1, 0.15) is 38.4 Å². The molecule has 1 aromatic heterocycles. The number of halogens is 1. The van der Waals surface area contributed by atoms with E-state index in [-0.39, 0.29) is 17.8 Å². The maximum absolute atomic E-state index is 6.06. The minimum absolute atomic E-state index is 0. The SMILES string of the molecule is CCC(C)(C)c1cc(N)n(-c2ccc(C)cc2)n1.Cl. The molecule has 0 saturated carbocycles. The molecule has 0 spiro atoms. The van der Waals surface area contributed by atoms with Crippen molar-refractivity contribution in [2.45, 2.75) is 39.5 Å². The third-order valence-corrected chi connectivity index (χ3v) is 3.59. The Hall–Kier alpha value is -1.48. The van der Waals surface area contributed by atoms with E-state index in [9.17, 15) is 0 Å². The molecule has 4 heteroatoms. The molecule has 3 nitrogen and oxygen atoms in total. The molecule has 0 bridgehead atoms. The lowest BCUT2D eigenvalue weighted by Crippen LogP contribution is -2.16. The Bertz CT molecular complexity index is 541. The minimum Gasteiger partial charge on any atom is -0.384 e. The highest BCUT2D eigenvalue weighted by atomic mass is 35.5. The number of aryl methyl sites for hydroxylation is 1. The van der Waals surface area contributed by atoms with Crippen molar-refractivity contribution in [3.05, 3.63) is 41.6 Å². The fourth-order valence-electron chi connectivity index (χ4n) is 1.80. The van der Waals surface area contributed by atoms with E-state index in [0.29, 0.717) is 5.82 Å². The van der Waals surface area contributed by atoms with Gasteiger partial charge in [-0.2, -0.15) is 5.10 Å². The van der Waals surface area contributed by atoms with Gasteiger partial charge in [0, 0.05) is 11.5 Å². The summed E-state index contributed by atoms with van der Waals surface area (Å²) < 4.78 is 1.81. The van der Waals surface area contributed by atoms with E-state index in [2.05, 4.69) is 44.9 Å². The normalized spacial score (nSPS) is 11.2. The maximum Gasteiger partial charge on any atom is 0.127 e. The molecule has 0 radical (unpaired) electrons. The van der Waals surface area contributed by atoms with Gasteiger partial charge in [0.15, 0.2) is 0 Å². The number of benzene rings is 1. The second kappa shape index (κ2) is 5.66. The topological polar surface area (TPSA) is 43.8 Å². The maximum atomic E-state index is 6.06. The zero-order valence-electron chi connectivity index (χ0n) is 12.0. The fraction of sp³-hybridized carbons (Fsp3) is 0.400. The van der Waals surface area contributed by atoms with E-state index >= 15 is 0 Å². The van der Waals surface area contributed by atoms with Gasteiger partial charge in [-0.05, 0) is 25.5 Å². The number of aromatic nitrogens is 2. The Morgan fingerprint density at radius 1 is 1.21 bits per heavy atom. The van der Waals surface area contributed by atoms with E-state index < -0.39 is 0 Å². The lowest BCUT2D eigenvalue weighted by atomic mass is 9.87. The van der Waals surface area contributed by atoms with Crippen LogP contribution in [0.2, 0.25) is 0 Å². The van der Waals surface area contributed by atoms with Crippen LogP contribution in [0.15, 0.2) is 30.3 Å². The first-order valence-corrected chi connectivity index (χ1v) is 6.37. The Labute approximate surface area is 121 Å². The summed E-state index contributed by atoms with van der Waals surface area (Å²) in [5.74, 6) is 0.690. The van der Waals surface area contributed by atoms with Crippen molar-refractivity contribution in [1.82, 2.24) is 9.78 Å². The summed E-state index contributed by atoms with van der Waals surface area (Å²) in [6.45, 7) is 8.62. The van der Waals surface area contributed by atoms with Crippen molar-refractivity contribution in [3.63, 3.8) is 0 Å². The van der Waals surface area contributed by atoms with Crippen molar-refractivity contribution in [1.29, 1.82) is 0 Å². The number of hydrogen-bond acceptors (Lipinski definition) is 2. The smallest absolute Gasteiger partial charge is 0.127 e. The average Bonchev–Trinajstić information content (AvgIpc) is 2.73. The Kier molecular flexibility index (Phi) is 4.64. The highest BCUT2D eigenvalue weighted by molar-refractivity contribution is 5.85. The van der Waals surface area contributed by atoms with Crippen LogP contribution in [-0.4, -0.2) is 9.78 Å². The van der Waals surface area contributed by atoms with Gasteiger partial charge in [-0.15, -0.1) is 12.4 Å². The lowest BCUT2D eigenvalue weighted by molar-refractivity contribution is 0.485. The van der Waals surface area contributed by atoms with Crippen LogP contribution in [-0.2, 0) is 5.41 Å². The molecule has 2 rings (SSSR count). The first-order chi connectivity index (χ1) is 8.44. The Morgan fingerprint density at radius 3 is 2.32 bits per heavy atom. The van der Waals surface area contributed by atoms with Gasteiger partial charge in [-0.1, -0.05) is 38.5 Å². The molecule has 2 N–H and O–H groups in total. The second-order valence-corrected chi connectivity index (χ2v) is 5.44. The van der Waals surface area contributed by atoms with Gasteiger partial charge in [-0.25, -0.2) is 4.68 Å². The molecule has 0 aliphatic heterocycles. The first kappa shape index (κ1) is 15.6. The molecular formula is C15H22ClN3. The molecule has 0 fully saturated rings. The van der Waals surface area contributed by atoms with Crippen molar-refractivity contribution in [2.24, 2.45) is 0 Å². The number of hydrogen-bond donors (Lipinski definition) is 1. The van der Waals surface area contributed by atoms with Crippen LogP contribution < -0.4 is 5.73 Å². The summed E-state index contributed by atoms with van der Waals surface area (Å²) >= 11 is 0. The summed E-state index contributed by atoms with van der Waals surface area (Å²) in [6.07, 6.45) is 1.04. The van der Waals surface area contributed by atoms with Crippen LogP contribution in [0.25, 0.3) is 5.69 Å². The summed E-state index contributed by atoms with van der Waals surface area (Å²) in [5, 5.41) is 4.64. The molecule has 0 aliphatic rings. The molecule has 2 aromatic rings. The standard InChI is InChI=1S/C15H21N3.ClH/c1-5-15(3,4)13-10-14(16)18(17-13)12-8-6-11(2)7-9-12;/h6-10H,5,16H2,1-4H3;1H. The van der Waals surface area contributed by atoms with E-state index in [1.807, 2.05) is 22.9 Å². The van der Waals surface area contributed by atoms with Gasteiger partial charge in [0.2, 0.25) is 0 Å². The Balaban J connectivity index is 0.00000180. The van der Waals surface area contributed by atoms with Crippen molar-refractivity contribution in [2.75, 3.05) is 5.73 Å². The fourth-order valence-corrected chi connectivity index (χ4v) is 1.80. The summed E-state index contributed by atoms with van der Waals surface area (Å²) in [7, 11) is 0. The van der Waals surface area contributed by atoms with Crippen molar-refractivity contribution in [3.8, 4) is 5.69 Å². The molecule has 0 unspecified atom stereocenters. The number of rotatable bonds is 3. The summed E-state index contributed by atoms with van der Waals surface area (Å²) in [4.78, 5) is 0. The predicted octanol–water partition coefficient (Wildman–Crippen LogP) is 3.87. The molecule has 0 atom stereocenters. The molecule has 1 aromatic carbocycles. The summed E-state index contributed by atoms with van der Waals surface area (Å²) in [5.41, 5.74) is 9.41. The average molecular weight is 280 g/mol. The third-order valence-electron chi connectivity index (χ3n) is 3.59. The Morgan fingerprint density at radius 2 is 1.79 bits per heavy atom. The van der Waals surface area contributed by atoms with Crippen LogP contribution in [0, 0.1) is 6.92 Å². The molecule has 0 aliphatic carbocycles.